The predicted molar refractivity (Wildman–Crippen MR) is 71.3 cm³/mol. The molecule has 0 saturated heterocycles. The molecule has 0 aromatic heterocycles. The molecule has 0 N–H and O–H groups in total. The molecule has 0 heterocycles. The summed E-state index contributed by atoms with van der Waals surface area (Å²) in [5.74, 6) is 1.17. The number of ether oxygens (including phenoxy) is 1. The molecule has 1 nitrogen and oxygen atoms in total. The van der Waals surface area contributed by atoms with Crippen LogP contribution in [-0.4, -0.2) is 16.8 Å². The van der Waals surface area contributed by atoms with Crippen molar-refractivity contribution in [3.05, 3.63) is 35.9 Å². The molecule has 15 heavy (non-hydrogen) atoms. The van der Waals surface area contributed by atoms with Crippen molar-refractivity contribution in [2.75, 3.05) is 12.0 Å². The smallest absolute Gasteiger partial charge is 0.149 e. The van der Waals surface area contributed by atoms with Crippen LogP contribution in [0.3, 0.4) is 0 Å². The van der Waals surface area contributed by atoms with E-state index >= 15 is 0 Å². The Morgan fingerprint density at radius 2 is 2.00 bits per heavy atom. The molecule has 3 heteroatoms. The molecular formula is C12H18OS2. The Morgan fingerprint density at radius 3 is 2.60 bits per heavy atom. The Balaban J connectivity index is 2.28. The maximum Gasteiger partial charge on any atom is 0.149 e. The van der Waals surface area contributed by atoms with Gasteiger partial charge in [-0.25, -0.2) is 0 Å². The fourth-order valence-electron chi connectivity index (χ4n) is 1.14. The highest BCUT2D eigenvalue weighted by Crippen LogP contribution is 2.24. The summed E-state index contributed by atoms with van der Waals surface area (Å²) >= 11 is 3.65. The zero-order valence-corrected chi connectivity index (χ0v) is 10.9. The molecule has 1 rings (SSSR count). The van der Waals surface area contributed by atoms with E-state index in [9.17, 15) is 0 Å². The van der Waals surface area contributed by atoms with Crippen molar-refractivity contribution in [2.24, 2.45) is 0 Å². The van der Waals surface area contributed by atoms with E-state index in [0.717, 1.165) is 0 Å². The summed E-state index contributed by atoms with van der Waals surface area (Å²) in [5.41, 5.74) is 1.24. The second-order valence-corrected chi connectivity index (χ2v) is 5.56. The average Bonchev–Trinajstić information content (AvgIpc) is 2.31. The van der Waals surface area contributed by atoms with Crippen molar-refractivity contribution in [3.8, 4) is 0 Å². The van der Waals surface area contributed by atoms with Crippen LogP contribution in [0.4, 0.5) is 0 Å². The minimum atomic E-state index is 0.269. The van der Waals surface area contributed by atoms with Gasteiger partial charge in [0, 0.05) is 0 Å². The van der Waals surface area contributed by atoms with Crippen LogP contribution in [0.1, 0.15) is 18.9 Å². The van der Waals surface area contributed by atoms with E-state index in [2.05, 4.69) is 25.3 Å². The van der Waals surface area contributed by atoms with Gasteiger partial charge in [-0.3, -0.25) is 0 Å². The average molecular weight is 242 g/mol. The first kappa shape index (κ1) is 12.9. The third kappa shape index (κ3) is 5.50. The minimum Gasteiger partial charge on any atom is -0.353 e. The van der Waals surface area contributed by atoms with Crippen molar-refractivity contribution < 1.29 is 4.74 Å². The van der Waals surface area contributed by atoms with E-state index in [1.807, 2.05) is 30.0 Å². The summed E-state index contributed by atoms with van der Waals surface area (Å²) in [7, 11) is 0. The molecule has 0 aliphatic heterocycles. The van der Waals surface area contributed by atoms with Gasteiger partial charge in [-0.1, -0.05) is 37.3 Å². The Hall–Kier alpha value is -0.120. The van der Waals surface area contributed by atoms with Crippen LogP contribution < -0.4 is 0 Å². The molecule has 1 aromatic carbocycles. The second kappa shape index (κ2) is 8.08. The van der Waals surface area contributed by atoms with Gasteiger partial charge in [0.2, 0.25) is 0 Å². The summed E-state index contributed by atoms with van der Waals surface area (Å²) < 4.78 is 6.07. The van der Waals surface area contributed by atoms with Crippen molar-refractivity contribution in [1.82, 2.24) is 0 Å². The van der Waals surface area contributed by atoms with E-state index in [1.54, 1.807) is 11.8 Å². The number of benzene rings is 1. The first-order valence-electron chi connectivity index (χ1n) is 5.16. The van der Waals surface area contributed by atoms with E-state index in [4.69, 9.17) is 4.74 Å². The summed E-state index contributed by atoms with van der Waals surface area (Å²) in [4.78, 5) is 0. The molecule has 1 unspecified atom stereocenters. The fraction of sp³-hybridized carbons (Fsp3) is 0.500. The predicted octanol–water partition coefficient (Wildman–Crippen LogP) is 3.99. The molecule has 0 amide bonds. The molecule has 84 valence electrons. The van der Waals surface area contributed by atoms with Crippen molar-refractivity contribution >= 4 is 23.5 Å². The molecule has 1 atom stereocenters. The number of hydrogen-bond donors (Lipinski definition) is 0. The molecule has 0 aliphatic rings. The fourth-order valence-corrected chi connectivity index (χ4v) is 2.77. The van der Waals surface area contributed by atoms with Gasteiger partial charge in [-0.05, 0) is 24.0 Å². The summed E-state index contributed by atoms with van der Waals surface area (Å²) in [6.07, 6.45) is 3.30. The number of rotatable bonds is 7. The van der Waals surface area contributed by atoms with Crippen LogP contribution in [0, 0.1) is 0 Å². The maximum absolute atomic E-state index is 5.81. The molecule has 0 spiro atoms. The lowest BCUT2D eigenvalue weighted by Gasteiger charge is -2.14. The van der Waals surface area contributed by atoms with Gasteiger partial charge in [0.1, 0.15) is 4.77 Å². The van der Waals surface area contributed by atoms with E-state index in [1.165, 1.54) is 17.7 Å². The molecule has 0 fully saturated rings. The quantitative estimate of drug-likeness (QED) is 0.669. The topological polar surface area (TPSA) is 9.23 Å². The van der Waals surface area contributed by atoms with Crippen LogP contribution in [0.2, 0.25) is 0 Å². The zero-order chi connectivity index (χ0) is 10.9. The lowest BCUT2D eigenvalue weighted by Crippen LogP contribution is -2.04. The molecule has 0 bridgehead atoms. The number of hydrogen-bond acceptors (Lipinski definition) is 3. The van der Waals surface area contributed by atoms with Gasteiger partial charge >= 0.3 is 0 Å². The third-order valence-corrected chi connectivity index (χ3v) is 4.44. The highest BCUT2D eigenvalue weighted by atomic mass is 32.2. The summed E-state index contributed by atoms with van der Waals surface area (Å²) in [6.45, 7) is 2.91. The van der Waals surface area contributed by atoms with Crippen LogP contribution >= 0.6 is 23.5 Å². The zero-order valence-electron chi connectivity index (χ0n) is 9.31. The molecule has 0 radical (unpaired) electrons. The van der Waals surface area contributed by atoms with Gasteiger partial charge in [-0.2, -0.15) is 0 Å². The molecule has 1 aromatic rings. The van der Waals surface area contributed by atoms with Gasteiger partial charge in [-0.15, -0.1) is 23.5 Å². The highest BCUT2D eigenvalue weighted by molar-refractivity contribution is 8.16. The second-order valence-electron chi connectivity index (χ2n) is 3.19. The first-order valence-corrected chi connectivity index (χ1v) is 7.50. The van der Waals surface area contributed by atoms with Crippen molar-refractivity contribution in [1.29, 1.82) is 0 Å². The van der Waals surface area contributed by atoms with Crippen molar-refractivity contribution in [3.63, 3.8) is 0 Å². The van der Waals surface area contributed by atoms with E-state index in [0.29, 0.717) is 6.61 Å². The summed E-state index contributed by atoms with van der Waals surface area (Å²) in [5, 5.41) is 0. The van der Waals surface area contributed by atoms with Gasteiger partial charge in [0.15, 0.2) is 0 Å². The lowest BCUT2D eigenvalue weighted by molar-refractivity contribution is 0.149. The lowest BCUT2D eigenvalue weighted by atomic mass is 10.2. The minimum absolute atomic E-state index is 0.269. The SMILES string of the molecule is CCCSC(OCc1ccccc1)SC. The van der Waals surface area contributed by atoms with Crippen LogP contribution in [0.5, 0.6) is 0 Å². The molecule has 0 saturated carbocycles. The Bertz CT molecular complexity index is 251. The highest BCUT2D eigenvalue weighted by Gasteiger charge is 2.06. The van der Waals surface area contributed by atoms with Crippen LogP contribution in [0.25, 0.3) is 0 Å². The monoisotopic (exact) mass is 242 g/mol. The Morgan fingerprint density at radius 1 is 1.27 bits per heavy atom. The van der Waals surface area contributed by atoms with E-state index in [-0.39, 0.29) is 4.77 Å². The largest absolute Gasteiger partial charge is 0.353 e. The Kier molecular flexibility index (Phi) is 6.98. The van der Waals surface area contributed by atoms with Crippen molar-refractivity contribution in [2.45, 2.75) is 24.7 Å². The summed E-state index contributed by atoms with van der Waals surface area (Å²) in [6, 6.07) is 10.3. The van der Waals surface area contributed by atoms with Gasteiger partial charge < -0.3 is 4.74 Å². The number of thioether (sulfide) groups is 2. The molecule has 0 aliphatic carbocycles. The standard InChI is InChI=1S/C12H18OS2/c1-3-9-15-12(14-2)13-10-11-7-5-4-6-8-11/h4-8,12H,3,9-10H2,1-2H3. The van der Waals surface area contributed by atoms with E-state index < -0.39 is 0 Å². The van der Waals surface area contributed by atoms with Crippen LogP contribution in [0.15, 0.2) is 30.3 Å². The van der Waals surface area contributed by atoms with Crippen LogP contribution in [-0.2, 0) is 11.3 Å². The maximum atomic E-state index is 5.81. The third-order valence-electron chi connectivity index (χ3n) is 1.88. The first-order chi connectivity index (χ1) is 7.36. The Labute approximate surface area is 101 Å². The van der Waals surface area contributed by atoms with Gasteiger partial charge in [0.05, 0.1) is 6.61 Å². The normalized spacial score (nSPS) is 12.7. The van der Waals surface area contributed by atoms with Gasteiger partial charge in [0.25, 0.3) is 0 Å². The molecular weight excluding hydrogens is 224 g/mol.